The third kappa shape index (κ3) is 1.61. The van der Waals surface area contributed by atoms with Crippen LogP contribution in [-0.2, 0) is 4.76 Å². The summed E-state index contributed by atoms with van der Waals surface area (Å²) < 4.78 is 10.6. The smallest absolute Gasteiger partial charge is 0.461 e. The summed E-state index contributed by atoms with van der Waals surface area (Å²) in [5, 5.41) is 0. The Bertz CT molecular complexity index is 496. The maximum absolute atomic E-state index is 5.36. The molecule has 2 heterocycles. The lowest BCUT2D eigenvalue weighted by molar-refractivity contribution is 0.282. The van der Waals surface area contributed by atoms with Crippen molar-refractivity contribution in [1.82, 2.24) is 5.48 Å². The lowest BCUT2D eigenvalue weighted by Crippen LogP contribution is -2.31. The first kappa shape index (κ1) is 9.24. The first-order valence-electron chi connectivity index (χ1n) is 5.02. The summed E-state index contributed by atoms with van der Waals surface area (Å²) in [5.41, 5.74) is 3.77. The Kier molecular flexibility index (Phi) is 2.23. The highest BCUT2D eigenvalue weighted by Gasteiger charge is 2.27. The molecule has 0 saturated heterocycles. The first-order valence-corrected chi connectivity index (χ1v) is 5.02. The third-order valence-corrected chi connectivity index (χ3v) is 2.35. The summed E-state index contributed by atoms with van der Waals surface area (Å²) >= 11 is 0. The van der Waals surface area contributed by atoms with Gasteiger partial charge in [-0.2, -0.15) is 0 Å². The summed E-state index contributed by atoms with van der Waals surface area (Å²) in [4.78, 5) is 4.39. The largest absolute Gasteiger partial charge is 0.496 e. The van der Waals surface area contributed by atoms with Crippen molar-refractivity contribution in [2.24, 2.45) is 4.90 Å². The lowest BCUT2D eigenvalue weighted by atomic mass is 9.75. The summed E-state index contributed by atoms with van der Waals surface area (Å²) in [6.07, 6.45) is 1.61. The summed E-state index contributed by atoms with van der Waals surface area (Å²) in [5.74, 6) is 1.30. The van der Waals surface area contributed by atoms with Crippen molar-refractivity contribution in [2.45, 2.75) is 0 Å². The molecule has 3 rings (SSSR count). The van der Waals surface area contributed by atoms with Crippen molar-refractivity contribution in [3.05, 3.63) is 54.5 Å². The second-order valence-electron chi connectivity index (χ2n) is 3.44. The molecule has 0 fully saturated rings. The predicted octanol–water partition coefficient (Wildman–Crippen LogP) is 0.956. The zero-order valence-electron chi connectivity index (χ0n) is 8.46. The van der Waals surface area contributed by atoms with Gasteiger partial charge >= 0.3 is 7.05 Å². The minimum absolute atomic E-state index is 0.304. The van der Waals surface area contributed by atoms with E-state index in [-0.39, 0.29) is 7.05 Å². The number of nitrogens with zero attached hydrogens (tertiary/aromatic N) is 1. The van der Waals surface area contributed by atoms with E-state index < -0.39 is 0 Å². The highest BCUT2D eigenvalue weighted by molar-refractivity contribution is 6.68. The van der Waals surface area contributed by atoms with Crippen molar-refractivity contribution < 1.29 is 9.17 Å². The number of nitrogens with one attached hydrogen (secondary N) is 1. The van der Waals surface area contributed by atoms with Crippen LogP contribution in [0, 0.1) is 0 Å². The maximum Gasteiger partial charge on any atom is 0.496 e. The topological polar surface area (TPSA) is 46.8 Å². The second-order valence-corrected chi connectivity index (χ2v) is 3.44. The molecule has 2 aromatic rings. The number of furan rings is 1. The van der Waals surface area contributed by atoms with Gasteiger partial charge in [0.2, 0.25) is 0 Å². The Hall–Kier alpha value is -2.01. The lowest BCUT2D eigenvalue weighted by Gasteiger charge is -2.00. The fraction of sp³-hybridized carbons (Fsp3) is 0. The SMILES string of the molecule is c1ccc(B2N=C(c3ccco3)NO2)cc1. The van der Waals surface area contributed by atoms with Crippen LogP contribution in [0.3, 0.4) is 0 Å². The van der Waals surface area contributed by atoms with Crippen LogP contribution < -0.4 is 10.9 Å². The molecule has 5 heteroatoms. The minimum atomic E-state index is -0.304. The van der Waals surface area contributed by atoms with Gasteiger partial charge in [0.1, 0.15) is 0 Å². The van der Waals surface area contributed by atoms with Gasteiger partial charge < -0.3 is 4.42 Å². The molecular weight excluding hydrogens is 203 g/mol. The van der Waals surface area contributed by atoms with E-state index in [4.69, 9.17) is 9.17 Å². The zero-order valence-corrected chi connectivity index (χ0v) is 8.46. The Balaban J connectivity index is 1.87. The number of rotatable bonds is 2. The van der Waals surface area contributed by atoms with Crippen LogP contribution in [0.15, 0.2) is 58.0 Å². The molecule has 0 atom stereocenters. The molecule has 1 aromatic carbocycles. The molecule has 0 amide bonds. The van der Waals surface area contributed by atoms with Gasteiger partial charge in [-0.3, -0.25) is 15.1 Å². The number of hydroxylamine groups is 1. The Morgan fingerprint density at radius 3 is 2.69 bits per heavy atom. The van der Waals surface area contributed by atoms with Crippen LogP contribution in [0.2, 0.25) is 0 Å². The van der Waals surface area contributed by atoms with E-state index in [0.717, 1.165) is 5.46 Å². The summed E-state index contributed by atoms with van der Waals surface area (Å²) in [6, 6.07) is 13.5. The van der Waals surface area contributed by atoms with Gasteiger partial charge in [-0.05, 0) is 17.6 Å². The van der Waals surface area contributed by atoms with Gasteiger partial charge in [0.25, 0.3) is 0 Å². The zero-order chi connectivity index (χ0) is 10.8. The quantitative estimate of drug-likeness (QED) is 0.754. The minimum Gasteiger partial charge on any atom is -0.461 e. The van der Waals surface area contributed by atoms with Gasteiger partial charge in [-0.25, -0.2) is 0 Å². The van der Waals surface area contributed by atoms with Crippen molar-refractivity contribution in [3.63, 3.8) is 0 Å². The molecule has 0 aliphatic carbocycles. The number of hydrogen-bond acceptors (Lipinski definition) is 4. The van der Waals surface area contributed by atoms with Crippen LogP contribution in [0.5, 0.6) is 0 Å². The predicted molar refractivity (Wildman–Crippen MR) is 61.3 cm³/mol. The average Bonchev–Trinajstić information content (AvgIpc) is 3.01. The third-order valence-electron chi connectivity index (χ3n) is 2.35. The molecule has 0 spiro atoms. The van der Waals surface area contributed by atoms with E-state index in [1.54, 1.807) is 6.26 Å². The summed E-state index contributed by atoms with van der Waals surface area (Å²) in [6.45, 7) is 0. The van der Waals surface area contributed by atoms with E-state index in [1.165, 1.54) is 0 Å². The molecule has 0 saturated carbocycles. The number of amidine groups is 1. The highest BCUT2D eigenvalue weighted by Crippen LogP contribution is 2.06. The molecule has 1 aliphatic rings. The molecule has 16 heavy (non-hydrogen) atoms. The van der Waals surface area contributed by atoms with Gasteiger partial charge in [0.15, 0.2) is 11.6 Å². The number of hydrogen-bond donors (Lipinski definition) is 1. The van der Waals surface area contributed by atoms with Crippen molar-refractivity contribution in [1.29, 1.82) is 0 Å². The van der Waals surface area contributed by atoms with Gasteiger partial charge in [-0.1, -0.05) is 30.3 Å². The van der Waals surface area contributed by atoms with Crippen molar-refractivity contribution >= 4 is 18.3 Å². The van der Waals surface area contributed by atoms with E-state index in [1.807, 2.05) is 42.5 Å². The second kappa shape index (κ2) is 3.86. The van der Waals surface area contributed by atoms with Crippen molar-refractivity contribution in [2.75, 3.05) is 0 Å². The van der Waals surface area contributed by atoms with Crippen LogP contribution in [0.25, 0.3) is 0 Å². The molecule has 78 valence electrons. The van der Waals surface area contributed by atoms with Crippen LogP contribution in [-0.4, -0.2) is 12.9 Å². The average molecular weight is 212 g/mol. The van der Waals surface area contributed by atoms with Crippen LogP contribution in [0.4, 0.5) is 0 Å². The molecule has 1 aromatic heterocycles. The Labute approximate surface area is 93.0 Å². The fourth-order valence-corrected chi connectivity index (χ4v) is 1.57. The van der Waals surface area contributed by atoms with Gasteiger partial charge in [-0.15, -0.1) is 0 Å². The Morgan fingerprint density at radius 1 is 1.06 bits per heavy atom. The van der Waals surface area contributed by atoms with Gasteiger partial charge in [0.05, 0.1) is 6.26 Å². The van der Waals surface area contributed by atoms with E-state index in [0.29, 0.717) is 11.6 Å². The van der Waals surface area contributed by atoms with Gasteiger partial charge in [0, 0.05) is 0 Å². The van der Waals surface area contributed by atoms with E-state index in [2.05, 4.69) is 10.4 Å². The normalized spacial score (nSPS) is 14.8. The van der Waals surface area contributed by atoms with Crippen LogP contribution in [0.1, 0.15) is 5.76 Å². The van der Waals surface area contributed by atoms with E-state index in [9.17, 15) is 0 Å². The maximum atomic E-state index is 5.36. The van der Waals surface area contributed by atoms with Crippen LogP contribution >= 0.6 is 0 Å². The number of benzene rings is 1. The molecule has 0 bridgehead atoms. The molecule has 0 radical (unpaired) electrons. The molecule has 4 nitrogen and oxygen atoms in total. The monoisotopic (exact) mass is 212 g/mol. The molecule has 0 unspecified atom stereocenters. The Morgan fingerprint density at radius 2 is 1.94 bits per heavy atom. The van der Waals surface area contributed by atoms with E-state index >= 15 is 0 Å². The van der Waals surface area contributed by atoms with Crippen molar-refractivity contribution in [3.8, 4) is 0 Å². The fourth-order valence-electron chi connectivity index (χ4n) is 1.57. The summed E-state index contributed by atoms with van der Waals surface area (Å²) in [7, 11) is -0.304. The highest BCUT2D eigenvalue weighted by atomic mass is 16.6. The first-order chi connectivity index (χ1) is 7.93. The molecule has 1 N–H and O–H groups in total. The molecule has 1 aliphatic heterocycles. The molecular formula is C11H9BN2O2. The standard InChI is InChI=1S/C11H9BN2O2/c1-2-5-9(6-3-1)12-13-11(14-16-12)10-7-4-8-15-10/h1-8H,(H,13,14).